The van der Waals surface area contributed by atoms with E-state index in [1.807, 2.05) is 38.1 Å². The van der Waals surface area contributed by atoms with E-state index in [2.05, 4.69) is 35.0 Å². The number of thioether (sulfide) groups is 1. The molecule has 3 rings (SSSR count). The van der Waals surface area contributed by atoms with E-state index in [-0.39, 0.29) is 5.78 Å². The van der Waals surface area contributed by atoms with Crippen molar-refractivity contribution >= 4 is 28.4 Å². The van der Waals surface area contributed by atoms with Gasteiger partial charge in [-0.3, -0.25) is 9.79 Å². The minimum Gasteiger partial charge on any atom is -0.313 e. The maximum atomic E-state index is 13.0. The smallest absolute Gasteiger partial charge is 0.182 e. The number of hydrogen-bond donors (Lipinski definition) is 0. The van der Waals surface area contributed by atoms with Gasteiger partial charge in [-0.25, -0.2) is 0 Å². The number of para-hydroxylation sites is 1. The Morgan fingerprint density at radius 1 is 1.12 bits per heavy atom. The van der Waals surface area contributed by atoms with Crippen molar-refractivity contribution in [1.82, 2.24) is 0 Å². The van der Waals surface area contributed by atoms with E-state index in [0.29, 0.717) is 6.54 Å². The van der Waals surface area contributed by atoms with Crippen LogP contribution in [0.5, 0.6) is 0 Å². The fraction of sp³-hybridized carbons (Fsp3) is 0.333. The summed E-state index contributed by atoms with van der Waals surface area (Å²) in [5, 5.41) is 0.957. The third-order valence-electron chi connectivity index (χ3n) is 4.40. The van der Waals surface area contributed by atoms with Crippen LogP contribution in [0, 0.1) is 20.8 Å². The summed E-state index contributed by atoms with van der Waals surface area (Å²) in [6, 6.07) is 14.2. The number of nitrogens with zero attached hydrogens (tertiary/aromatic N) is 2. The second kappa shape index (κ2) is 7.87. The van der Waals surface area contributed by atoms with E-state index in [4.69, 9.17) is 0 Å². The fourth-order valence-corrected chi connectivity index (χ4v) is 4.05. The summed E-state index contributed by atoms with van der Waals surface area (Å²) in [6.45, 7) is 7.29. The first-order valence-corrected chi connectivity index (χ1v) is 9.65. The molecule has 1 heterocycles. The molecule has 0 amide bonds. The SMILES string of the molecule is Cc1ccc(C(=O)CN(C2=NCCCS2)c2ccccc2C)c(C)c1. The average Bonchev–Trinajstić information content (AvgIpc) is 2.61. The van der Waals surface area contributed by atoms with Gasteiger partial charge in [0.15, 0.2) is 11.0 Å². The Kier molecular flexibility index (Phi) is 5.59. The number of aryl methyl sites for hydroxylation is 3. The van der Waals surface area contributed by atoms with Crippen molar-refractivity contribution in [1.29, 1.82) is 0 Å². The lowest BCUT2D eigenvalue weighted by atomic mass is 10.0. The van der Waals surface area contributed by atoms with Crippen molar-refractivity contribution in [2.24, 2.45) is 4.99 Å². The molecule has 130 valence electrons. The number of hydrogen-bond acceptors (Lipinski definition) is 4. The molecule has 2 aromatic rings. The molecule has 0 N–H and O–H groups in total. The second-order valence-corrected chi connectivity index (χ2v) is 7.54. The van der Waals surface area contributed by atoms with Crippen LogP contribution in [0.1, 0.15) is 33.5 Å². The van der Waals surface area contributed by atoms with Crippen LogP contribution in [0.4, 0.5) is 5.69 Å². The van der Waals surface area contributed by atoms with Gasteiger partial charge in [0.2, 0.25) is 0 Å². The highest BCUT2D eigenvalue weighted by Crippen LogP contribution is 2.26. The van der Waals surface area contributed by atoms with Crippen LogP contribution in [-0.4, -0.2) is 29.8 Å². The minimum absolute atomic E-state index is 0.134. The first-order chi connectivity index (χ1) is 12.1. The molecule has 0 atom stereocenters. The summed E-state index contributed by atoms with van der Waals surface area (Å²) in [7, 11) is 0. The Balaban J connectivity index is 1.93. The zero-order valence-electron chi connectivity index (χ0n) is 15.1. The van der Waals surface area contributed by atoms with E-state index in [0.717, 1.165) is 46.3 Å². The van der Waals surface area contributed by atoms with Gasteiger partial charge in [-0.05, 0) is 44.4 Å². The van der Waals surface area contributed by atoms with Gasteiger partial charge in [0.05, 0.1) is 6.54 Å². The lowest BCUT2D eigenvalue weighted by Crippen LogP contribution is -2.36. The molecule has 0 aliphatic carbocycles. The molecule has 0 spiro atoms. The maximum absolute atomic E-state index is 13.0. The van der Waals surface area contributed by atoms with Crippen molar-refractivity contribution < 1.29 is 4.79 Å². The number of rotatable bonds is 4. The van der Waals surface area contributed by atoms with Crippen molar-refractivity contribution in [2.75, 3.05) is 23.7 Å². The second-order valence-electron chi connectivity index (χ2n) is 6.48. The van der Waals surface area contributed by atoms with E-state index >= 15 is 0 Å². The normalized spacial score (nSPS) is 14.1. The molecular weight excluding hydrogens is 328 g/mol. The summed E-state index contributed by atoms with van der Waals surface area (Å²) in [5.41, 5.74) is 5.23. The number of aliphatic imine (C=N–C) groups is 1. The Morgan fingerprint density at radius 3 is 2.60 bits per heavy atom. The third kappa shape index (κ3) is 4.13. The minimum atomic E-state index is 0.134. The summed E-state index contributed by atoms with van der Waals surface area (Å²) in [6.07, 6.45) is 1.10. The Bertz CT molecular complexity index is 813. The van der Waals surface area contributed by atoms with Crippen LogP contribution in [0.2, 0.25) is 0 Å². The van der Waals surface area contributed by atoms with Crippen molar-refractivity contribution in [3.05, 3.63) is 64.7 Å². The molecule has 0 aromatic heterocycles. The summed E-state index contributed by atoms with van der Waals surface area (Å²) < 4.78 is 0. The molecule has 0 radical (unpaired) electrons. The number of benzene rings is 2. The fourth-order valence-electron chi connectivity index (χ4n) is 3.09. The maximum Gasteiger partial charge on any atom is 0.182 e. The van der Waals surface area contributed by atoms with E-state index in [9.17, 15) is 4.79 Å². The monoisotopic (exact) mass is 352 g/mol. The lowest BCUT2D eigenvalue weighted by molar-refractivity contribution is 0.100. The summed E-state index contributed by atoms with van der Waals surface area (Å²) in [5.74, 6) is 1.19. The predicted molar refractivity (Wildman–Crippen MR) is 108 cm³/mol. The lowest BCUT2D eigenvalue weighted by Gasteiger charge is -2.28. The first-order valence-electron chi connectivity index (χ1n) is 8.67. The van der Waals surface area contributed by atoms with Crippen LogP contribution >= 0.6 is 11.8 Å². The molecule has 4 heteroatoms. The van der Waals surface area contributed by atoms with Crippen molar-refractivity contribution in [3.8, 4) is 0 Å². The molecular formula is C21H24N2OS. The zero-order chi connectivity index (χ0) is 17.8. The number of carbonyl (C=O) groups excluding carboxylic acids is 1. The number of ketones is 1. The van der Waals surface area contributed by atoms with E-state index in [1.54, 1.807) is 11.8 Å². The van der Waals surface area contributed by atoms with Crippen LogP contribution in [0.25, 0.3) is 0 Å². The molecule has 0 unspecified atom stereocenters. The van der Waals surface area contributed by atoms with Crippen molar-refractivity contribution in [2.45, 2.75) is 27.2 Å². The average molecular weight is 353 g/mol. The predicted octanol–water partition coefficient (Wildman–Crippen LogP) is 4.79. The molecule has 3 nitrogen and oxygen atoms in total. The topological polar surface area (TPSA) is 32.7 Å². The van der Waals surface area contributed by atoms with Gasteiger partial charge in [0.25, 0.3) is 0 Å². The van der Waals surface area contributed by atoms with Gasteiger partial charge in [0, 0.05) is 23.5 Å². The highest BCUT2D eigenvalue weighted by molar-refractivity contribution is 8.14. The third-order valence-corrected chi connectivity index (χ3v) is 5.50. The Morgan fingerprint density at radius 2 is 1.92 bits per heavy atom. The number of Topliss-reactive ketones (excluding diaryl/α,β-unsaturated/α-hetero) is 1. The van der Waals surface area contributed by atoms with E-state index in [1.165, 1.54) is 5.56 Å². The van der Waals surface area contributed by atoms with Gasteiger partial charge in [0.1, 0.15) is 0 Å². The zero-order valence-corrected chi connectivity index (χ0v) is 15.9. The molecule has 25 heavy (non-hydrogen) atoms. The quantitative estimate of drug-likeness (QED) is 0.741. The molecule has 1 aliphatic rings. The molecule has 2 aromatic carbocycles. The first kappa shape index (κ1) is 17.7. The van der Waals surface area contributed by atoms with Gasteiger partial charge >= 0.3 is 0 Å². The van der Waals surface area contributed by atoms with Gasteiger partial charge in [-0.1, -0.05) is 53.7 Å². The Hall–Kier alpha value is -2.07. The number of carbonyl (C=O) groups is 1. The van der Waals surface area contributed by atoms with Gasteiger partial charge in [-0.15, -0.1) is 0 Å². The Labute approximate surface area is 154 Å². The van der Waals surface area contributed by atoms with Crippen molar-refractivity contribution in [3.63, 3.8) is 0 Å². The molecule has 0 saturated carbocycles. The van der Waals surface area contributed by atoms with E-state index < -0.39 is 0 Å². The number of amidine groups is 1. The molecule has 0 bridgehead atoms. The van der Waals surface area contributed by atoms with Gasteiger partial charge in [-0.2, -0.15) is 0 Å². The molecule has 0 fully saturated rings. The number of anilines is 1. The summed E-state index contributed by atoms with van der Waals surface area (Å²) >= 11 is 1.74. The van der Waals surface area contributed by atoms with Crippen LogP contribution in [0.3, 0.4) is 0 Å². The van der Waals surface area contributed by atoms with Crippen LogP contribution in [0.15, 0.2) is 47.5 Å². The largest absolute Gasteiger partial charge is 0.313 e. The van der Waals surface area contributed by atoms with Crippen LogP contribution < -0.4 is 4.90 Å². The molecule has 1 aliphatic heterocycles. The van der Waals surface area contributed by atoms with Crippen LogP contribution in [-0.2, 0) is 0 Å². The molecule has 0 saturated heterocycles. The standard InChI is InChI=1S/C21H24N2OS/c1-15-9-10-18(17(3)13-15)20(24)14-23(21-22-11-6-12-25-21)19-8-5-4-7-16(19)2/h4-5,7-10,13H,6,11-12,14H2,1-3H3. The highest BCUT2D eigenvalue weighted by Gasteiger charge is 2.22. The van der Waals surface area contributed by atoms with Gasteiger partial charge < -0.3 is 4.90 Å². The highest BCUT2D eigenvalue weighted by atomic mass is 32.2. The summed E-state index contributed by atoms with van der Waals surface area (Å²) in [4.78, 5) is 19.8.